The Kier molecular flexibility index (Phi) is 8.10. The van der Waals surface area contributed by atoms with Crippen molar-refractivity contribution in [2.45, 2.75) is 31.5 Å². The first-order valence-corrected chi connectivity index (χ1v) is 13.0. The fourth-order valence-corrected chi connectivity index (χ4v) is 4.77. The molecule has 9 nitrogen and oxygen atoms in total. The summed E-state index contributed by atoms with van der Waals surface area (Å²) in [6.07, 6.45) is 3.27. The fraction of sp³-hybridized carbons (Fsp3) is 0.194. The number of para-hydroxylation sites is 2. The molecule has 0 aliphatic heterocycles. The van der Waals surface area contributed by atoms with Crippen molar-refractivity contribution in [1.29, 1.82) is 0 Å². The van der Waals surface area contributed by atoms with Crippen LogP contribution in [0.3, 0.4) is 0 Å². The van der Waals surface area contributed by atoms with Crippen LogP contribution in [0.5, 0.6) is 0 Å². The average Bonchev–Trinajstić information content (AvgIpc) is 3.59. The van der Waals surface area contributed by atoms with Gasteiger partial charge in [0.2, 0.25) is 5.91 Å². The standard InChI is InChI=1S/C31H30N4O5/c1-39-30(37)28(16-22-18-33-26-14-8-6-12-24(22)26)34-29(36)27(15-21-17-32-25-13-7-5-11-23(21)25)35-31(38)40-19-20-9-3-2-4-10-20/h2-14,17-18,27-28,32-33H,15-16,19H2,1H3,(H,34,36)(H,35,38)/t27-,28-/m1/s1. The highest BCUT2D eigenvalue weighted by molar-refractivity contribution is 5.92. The average molecular weight is 539 g/mol. The molecule has 204 valence electrons. The third-order valence-corrected chi connectivity index (χ3v) is 6.82. The molecule has 3 aromatic carbocycles. The van der Waals surface area contributed by atoms with Gasteiger partial charge in [-0.15, -0.1) is 0 Å². The Bertz CT molecular complexity index is 1620. The zero-order valence-corrected chi connectivity index (χ0v) is 22.0. The van der Waals surface area contributed by atoms with E-state index >= 15 is 0 Å². The predicted octanol–water partition coefficient (Wildman–Crippen LogP) is 4.39. The third kappa shape index (κ3) is 6.15. The van der Waals surface area contributed by atoms with E-state index in [1.807, 2.05) is 91.3 Å². The maximum absolute atomic E-state index is 13.6. The summed E-state index contributed by atoms with van der Waals surface area (Å²) in [6, 6.07) is 22.7. The molecule has 0 saturated carbocycles. The van der Waals surface area contributed by atoms with Crippen molar-refractivity contribution in [1.82, 2.24) is 20.6 Å². The number of hydrogen-bond donors (Lipinski definition) is 4. The number of benzene rings is 3. The van der Waals surface area contributed by atoms with Crippen LogP contribution in [-0.2, 0) is 38.5 Å². The van der Waals surface area contributed by atoms with Crippen molar-refractivity contribution >= 4 is 39.8 Å². The van der Waals surface area contributed by atoms with E-state index in [2.05, 4.69) is 20.6 Å². The first-order valence-electron chi connectivity index (χ1n) is 13.0. The minimum absolute atomic E-state index is 0.0550. The smallest absolute Gasteiger partial charge is 0.408 e. The lowest BCUT2D eigenvalue weighted by atomic mass is 10.0. The summed E-state index contributed by atoms with van der Waals surface area (Å²) in [7, 11) is 1.28. The van der Waals surface area contributed by atoms with Crippen molar-refractivity contribution in [3.05, 3.63) is 108 Å². The fourth-order valence-electron chi connectivity index (χ4n) is 4.77. The third-order valence-electron chi connectivity index (χ3n) is 6.82. The van der Waals surface area contributed by atoms with Crippen LogP contribution in [0.15, 0.2) is 91.3 Å². The molecule has 5 aromatic rings. The van der Waals surface area contributed by atoms with E-state index in [1.54, 1.807) is 0 Å². The molecule has 0 spiro atoms. The highest BCUT2D eigenvalue weighted by Crippen LogP contribution is 2.21. The minimum atomic E-state index is -1.02. The summed E-state index contributed by atoms with van der Waals surface area (Å²) in [5.74, 6) is -1.12. The largest absolute Gasteiger partial charge is 0.467 e. The summed E-state index contributed by atoms with van der Waals surface area (Å²) in [5.41, 5.74) is 4.35. The molecule has 40 heavy (non-hydrogen) atoms. The van der Waals surface area contributed by atoms with Gasteiger partial charge in [0.25, 0.3) is 0 Å². The van der Waals surface area contributed by atoms with Crippen LogP contribution in [0, 0.1) is 0 Å². The molecule has 2 atom stereocenters. The van der Waals surface area contributed by atoms with Gasteiger partial charge in [-0.1, -0.05) is 66.7 Å². The molecular weight excluding hydrogens is 508 g/mol. The van der Waals surface area contributed by atoms with Crippen molar-refractivity contribution < 1.29 is 23.9 Å². The molecule has 0 unspecified atom stereocenters. The SMILES string of the molecule is COC(=O)[C@@H](Cc1c[nH]c2ccccc12)NC(=O)[C@@H](Cc1c[nH]c2ccccc12)NC(=O)OCc1ccccc1. The lowest BCUT2D eigenvalue weighted by molar-refractivity contribution is -0.145. The van der Waals surface area contributed by atoms with Gasteiger partial charge in [0.05, 0.1) is 7.11 Å². The highest BCUT2D eigenvalue weighted by atomic mass is 16.5. The molecule has 2 aromatic heterocycles. The summed E-state index contributed by atoms with van der Waals surface area (Å²) < 4.78 is 10.4. The molecule has 0 aliphatic carbocycles. The Morgan fingerprint density at radius 1 is 0.725 bits per heavy atom. The number of methoxy groups -OCH3 is 1. The Morgan fingerprint density at radius 3 is 1.88 bits per heavy atom. The number of rotatable bonds is 10. The molecule has 0 saturated heterocycles. The van der Waals surface area contributed by atoms with Crippen LogP contribution in [0.25, 0.3) is 21.8 Å². The topological polar surface area (TPSA) is 125 Å². The van der Waals surface area contributed by atoms with Crippen molar-refractivity contribution in [2.24, 2.45) is 0 Å². The van der Waals surface area contributed by atoms with E-state index in [1.165, 1.54) is 7.11 Å². The zero-order valence-electron chi connectivity index (χ0n) is 22.0. The molecule has 0 aliphatic rings. The summed E-state index contributed by atoms with van der Waals surface area (Å²) in [5, 5.41) is 7.38. The van der Waals surface area contributed by atoms with Gasteiger partial charge in [0.1, 0.15) is 18.7 Å². The Morgan fingerprint density at radius 2 is 1.27 bits per heavy atom. The van der Waals surface area contributed by atoms with E-state index in [-0.39, 0.29) is 19.4 Å². The lowest BCUT2D eigenvalue weighted by Gasteiger charge is -2.22. The van der Waals surface area contributed by atoms with E-state index < -0.39 is 30.1 Å². The maximum atomic E-state index is 13.6. The Balaban J connectivity index is 1.35. The van der Waals surface area contributed by atoms with Crippen LogP contribution in [0.2, 0.25) is 0 Å². The van der Waals surface area contributed by atoms with Gasteiger partial charge >= 0.3 is 12.1 Å². The van der Waals surface area contributed by atoms with Crippen LogP contribution in [0.4, 0.5) is 4.79 Å². The summed E-state index contributed by atoms with van der Waals surface area (Å²) >= 11 is 0. The molecule has 2 heterocycles. The zero-order chi connectivity index (χ0) is 27.9. The molecule has 2 amide bonds. The first-order chi connectivity index (χ1) is 19.5. The molecule has 0 radical (unpaired) electrons. The summed E-state index contributed by atoms with van der Waals surface area (Å²) in [4.78, 5) is 45.5. The number of aromatic amines is 2. The molecule has 4 N–H and O–H groups in total. The number of H-pyrrole nitrogens is 2. The van der Waals surface area contributed by atoms with Crippen molar-refractivity contribution in [3.63, 3.8) is 0 Å². The lowest BCUT2D eigenvalue weighted by Crippen LogP contribution is -2.53. The molecule has 0 bridgehead atoms. The second-order valence-corrected chi connectivity index (χ2v) is 9.47. The number of alkyl carbamates (subject to hydrolysis) is 1. The maximum Gasteiger partial charge on any atom is 0.408 e. The number of carbonyl (C=O) groups excluding carboxylic acids is 3. The first kappa shape index (κ1) is 26.6. The quantitative estimate of drug-likeness (QED) is 0.196. The number of carbonyl (C=O) groups is 3. The van der Waals surface area contributed by atoms with Gasteiger partial charge in [0.15, 0.2) is 0 Å². The van der Waals surface area contributed by atoms with Gasteiger partial charge in [-0.3, -0.25) is 4.79 Å². The van der Waals surface area contributed by atoms with Gasteiger partial charge in [-0.05, 0) is 28.8 Å². The number of aromatic nitrogens is 2. The van der Waals surface area contributed by atoms with E-state index in [4.69, 9.17) is 9.47 Å². The van der Waals surface area contributed by atoms with Gasteiger partial charge in [-0.2, -0.15) is 0 Å². The van der Waals surface area contributed by atoms with E-state index in [0.29, 0.717) is 0 Å². The van der Waals surface area contributed by atoms with Gasteiger partial charge < -0.3 is 30.1 Å². The molecule has 5 rings (SSSR count). The van der Waals surface area contributed by atoms with E-state index in [0.717, 1.165) is 38.5 Å². The minimum Gasteiger partial charge on any atom is -0.467 e. The van der Waals surface area contributed by atoms with Crippen molar-refractivity contribution in [2.75, 3.05) is 7.11 Å². The number of fused-ring (bicyclic) bond motifs is 2. The molecular formula is C31H30N4O5. The monoisotopic (exact) mass is 538 g/mol. The number of nitrogens with one attached hydrogen (secondary N) is 4. The Hall–Kier alpha value is -5.05. The second kappa shape index (κ2) is 12.2. The Labute approximate surface area is 230 Å². The predicted molar refractivity (Wildman–Crippen MR) is 152 cm³/mol. The number of esters is 1. The van der Waals surface area contributed by atoms with Crippen LogP contribution < -0.4 is 10.6 Å². The van der Waals surface area contributed by atoms with Crippen LogP contribution >= 0.6 is 0 Å². The van der Waals surface area contributed by atoms with Gasteiger partial charge in [-0.25, -0.2) is 9.59 Å². The van der Waals surface area contributed by atoms with Crippen molar-refractivity contribution in [3.8, 4) is 0 Å². The van der Waals surface area contributed by atoms with E-state index in [9.17, 15) is 14.4 Å². The number of hydrogen-bond acceptors (Lipinski definition) is 5. The number of ether oxygens (including phenoxy) is 2. The highest BCUT2D eigenvalue weighted by Gasteiger charge is 2.29. The molecule has 0 fully saturated rings. The normalized spacial score (nSPS) is 12.5. The number of amides is 2. The van der Waals surface area contributed by atoms with Crippen LogP contribution in [0.1, 0.15) is 16.7 Å². The molecule has 9 heteroatoms. The second-order valence-electron chi connectivity index (χ2n) is 9.47. The summed E-state index contributed by atoms with van der Waals surface area (Å²) in [6.45, 7) is 0.0550. The van der Waals surface area contributed by atoms with Gasteiger partial charge in [0, 0.05) is 47.0 Å². The van der Waals surface area contributed by atoms with Crippen LogP contribution in [-0.4, -0.2) is 47.1 Å².